The Morgan fingerprint density at radius 3 is 2.11 bits per heavy atom. The molecule has 0 amide bonds. The number of phenols is 1. The highest BCUT2D eigenvalue weighted by atomic mass is 16.5. The topological polar surface area (TPSA) is 64.7 Å². The fraction of sp³-hybridized carbons (Fsp3) is 0.571. The number of hydrogen-bond acceptors (Lipinski definition) is 4. The van der Waals surface area contributed by atoms with Crippen LogP contribution in [0.15, 0.2) is 12.1 Å². The molecule has 1 aromatic carbocycles. The predicted molar refractivity (Wildman–Crippen MR) is 70.1 cm³/mol. The summed E-state index contributed by atoms with van der Waals surface area (Å²) in [5, 5.41) is 9.87. The fourth-order valence-electron chi connectivity index (χ4n) is 2.69. The molecule has 1 saturated carbocycles. The molecule has 2 rings (SSSR count). The van der Waals surface area contributed by atoms with Gasteiger partial charge in [0.1, 0.15) is 0 Å². The Bertz CT molecular complexity index is 388. The van der Waals surface area contributed by atoms with Gasteiger partial charge in [-0.25, -0.2) is 0 Å². The summed E-state index contributed by atoms with van der Waals surface area (Å²) in [7, 11) is 3.05. The lowest BCUT2D eigenvalue weighted by Gasteiger charge is -2.21. The van der Waals surface area contributed by atoms with E-state index < -0.39 is 0 Å². The third-order valence-electron chi connectivity index (χ3n) is 3.79. The fourth-order valence-corrected chi connectivity index (χ4v) is 2.69. The molecule has 0 heterocycles. The highest BCUT2D eigenvalue weighted by Gasteiger charge is 2.25. The van der Waals surface area contributed by atoms with Crippen molar-refractivity contribution in [1.29, 1.82) is 0 Å². The summed E-state index contributed by atoms with van der Waals surface area (Å²) in [6.07, 6.45) is 4.86. The number of hydrogen-bond donors (Lipinski definition) is 2. The molecule has 4 heteroatoms. The van der Waals surface area contributed by atoms with Gasteiger partial charge < -0.3 is 20.3 Å². The lowest BCUT2D eigenvalue weighted by Crippen LogP contribution is -2.19. The molecule has 0 radical (unpaired) electrons. The van der Waals surface area contributed by atoms with E-state index >= 15 is 0 Å². The van der Waals surface area contributed by atoms with Crippen LogP contribution in [-0.2, 0) is 0 Å². The van der Waals surface area contributed by atoms with Crippen molar-refractivity contribution in [3.8, 4) is 17.2 Å². The Morgan fingerprint density at radius 1 is 1.17 bits per heavy atom. The quantitative estimate of drug-likeness (QED) is 0.863. The van der Waals surface area contributed by atoms with Crippen LogP contribution in [0.2, 0.25) is 0 Å². The highest BCUT2D eigenvalue weighted by Crippen LogP contribution is 2.41. The second kappa shape index (κ2) is 5.48. The van der Waals surface area contributed by atoms with Gasteiger partial charge in [-0.3, -0.25) is 0 Å². The SMILES string of the molecule is COc1cc([C@@H](N)C2CCCC2)cc(OC)c1O. The summed E-state index contributed by atoms with van der Waals surface area (Å²) in [4.78, 5) is 0. The third kappa shape index (κ3) is 2.38. The molecule has 1 aromatic rings. The molecule has 1 aliphatic carbocycles. The zero-order valence-corrected chi connectivity index (χ0v) is 11.0. The van der Waals surface area contributed by atoms with Crippen LogP contribution in [-0.4, -0.2) is 19.3 Å². The molecule has 1 aliphatic rings. The van der Waals surface area contributed by atoms with Crippen molar-refractivity contribution in [1.82, 2.24) is 0 Å². The second-order valence-electron chi connectivity index (χ2n) is 4.84. The number of phenolic OH excluding ortho intramolecular Hbond substituents is 1. The average molecular weight is 251 g/mol. The van der Waals surface area contributed by atoms with Crippen molar-refractivity contribution in [3.05, 3.63) is 17.7 Å². The lowest BCUT2D eigenvalue weighted by molar-refractivity contribution is 0.337. The molecule has 18 heavy (non-hydrogen) atoms. The minimum atomic E-state index is -0.0177. The maximum absolute atomic E-state index is 9.87. The molecule has 4 nitrogen and oxygen atoms in total. The zero-order chi connectivity index (χ0) is 13.1. The van der Waals surface area contributed by atoms with Gasteiger partial charge in [0.05, 0.1) is 14.2 Å². The molecule has 1 fully saturated rings. The molecule has 0 aromatic heterocycles. The van der Waals surface area contributed by atoms with E-state index in [9.17, 15) is 5.11 Å². The molecule has 1 atom stereocenters. The summed E-state index contributed by atoms with van der Waals surface area (Å²) < 4.78 is 10.3. The molecule has 0 unspecified atom stereocenters. The Morgan fingerprint density at radius 2 is 1.67 bits per heavy atom. The minimum Gasteiger partial charge on any atom is -0.502 e. The summed E-state index contributed by atoms with van der Waals surface area (Å²) in [5.74, 6) is 1.38. The highest BCUT2D eigenvalue weighted by molar-refractivity contribution is 5.53. The van der Waals surface area contributed by atoms with Crippen molar-refractivity contribution in [3.63, 3.8) is 0 Å². The van der Waals surface area contributed by atoms with Gasteiger partial charge in [0.15, 0.2) is 11.5 Å². The summed E-state index contributed by atoms with van der Waals surface area (Å²) in [5.41, 5.74) is 7.27. The predicted octanol–water partition coefficient (Wildman–Crippen LogP) is 2.60. The first-order valence-corrected chi connectivity index (χ1v) is 6.37. The standard InChI is InChI=1S/C14H21NO3/c1-17-11-7-10(8-12(18-2)14(11)16)13(15)9-5-3-4-6-9/h7-9,13,16H,3-6,15H2,1-2H3/t13-/m0/s1. The molecular formula is C14H21NO3. The van der Waals surface area contributed by atoms with Gasteiger partial charge in [-0.15, -0.1) is 0 Å². The van der Waals surface area contributed by atoms with E-state index in [2.05, 4.69) is 0 Å². The van der Waals surface area contributed by atoms with Crippen molar-refractivity contribution in [2.45, 2.75) is 31.7 Å². The van der Waals surface area contributed by atoms with Gasteiger partial charge in [0.25, 0.3) is 0 Å². The molecular weight excluding hydrogens is 230 g/mol. The number of aromatic hydroxyl groups is 1. The summed E-state index contributed by atoms with van der Waals surface area (Å²) in [6, 6.07) is 3.60. The van der Waals surface area contributed by atoms with E-state index in [1.54, 1.807) is 12.1 Å². The van der Waals surface area contributed by atoms with Gasteiger partial charge >= 0.3 is 0 Å². The zero-order valence-electron chi connectivity index (χ0n) is 11.0. The van der Waals surface area contributed by atoms with Gasteiger partial charge in [-0.2, -0.15) is 0 Å². The van der Waals surface area contributed by atoms with Crippen molar-refractivity contribution >= 4 is 0 Å². The second-order valence-corrected chi connectivity index (χ2v) is 4.84. The number of benzene rings is 1. The molecule has 0 aliphatic heterocycles. The lowest BCUT2D eigenvalue weighted by atomic mass is 9.92. The minimum absolute atomic E-state index is 0.0177. The summed E-state index contributed by atoms with van der Waals surface area (Å²) >= 11 is 0. The molecule has 0 saturated heterocycles. The van der Waals surface area contributed by atoms with E-state index in [0.29, 0.717) is 17.4 Å². The normalized spacial score (nSPS) is 17.7. The number of nitrogens with two attached hydrogens (primary N) is 1. The van der Waals surface area contributed by atoms with E-state index in [-0.39, 0.29) is 11.8 Å². The molecule has 3 N–H and O–H groups in total. The van der Waals surface area contributed by atoms with E-state index in [0.717, 1.165) is 5.56 Å². The Balaban J connectivity index is 2.31. The Kier molecular flexibility index (Phi) is 3.97. The van der Waals surface area contributed by atoms with Crippen LogP contribution in [0.1, 0.15) is 37.3 Å². The molecule has 0 bridgehead atoms. The first kappa shape index (κ1) is 13.0. The van der Waals surface area contributed by atoms with Crippen LogP contribution in [0, 0.1) is 5.92 Å². The van der Waals surface area contributed by atoms with Crippen molar-refractivity contribution < 1.29 is 14.6 Å². The average Bonchev–Trinajstić information content (AvgIpc) is 2.92. The van der Waals surface area contributed by atoms with E-state index in [1.165, 1.54) is 39.9 Å². The van der Waals surface area contributed by atoms with Crippen LogP contribution < -0.4 is 15.2 Å². The van der Waals surface area contributed by atoms with Gasteiger partial charge in [-0.1, -0.05) is 12.8 Å². The van der Waals surface area contributed by atoms with Gasteiger partial charge in [0, 0.05) is 6.04 Å². The summed E-state index contributed by atoms with van der Waals surface area (Å²) in [6.45, 7) is 0. The maximum Gasteiger partial charge on any atom is 0.200 e. The van der Waals surface area contributed by atoms with E-state index in [4.69, 9.17) is 15.2 Å². The monoisotopic (exact) mass is 251 g/mol. The van der Waals surface area contributed by atoms with Crippen LogP contribution >= 0.6 is 0 Å². The first-order valence-electron chi connectivity index (χ1n) is 6.37. The number of methoxy groups -OCH3 is 2. The third-order valence-corrected chi connectivity index (χ3v) is 3.79. The van der Waals surface area contributed by atoms with Gasteiger partial charge in [0.2, 0.25) is 5.75 Å². The van der Waals surface area contributed by atoms with Crippen LogP contribution in [0.3, 0.4) is 0 Å². The van der Waals surface area contributed by atoms with E-state index in [1.807, 2.05) is 0 Å². The smallest absolute Gasteiger partial charge is 0.200 e. The number of rotatable bonds is 4. The van der Waals surface area contributed by atoms with Crippen LogP contribution in [0.4, 0.5) is 0 Å². The molecule has 0 spiro atoms. The first-order chi connectivity index (χ1) is 8.67. The molecule has 100 valence electrons. The Hall–Kier alpha value is -1.42. The van der Waals surface area contributed by atoms with Gasteiger partial charge in [-0.05, 0) is 36.5 Å². The van der Waals surface area contributed by atoms with Crippen LogP contribution in [0.25, 0.3) is 0 Å². The Labute approximate surface area is 108 Å². The number of ether oxygens (including phenoxy) is 2. The van der Waals surface area contributed by atoms with Crippen molar-refractivity contribution in [2.75, 3.05) is 14.2 Å². The largest absolute Gasteiger partial charge is 0.502 e. The van der Waals surface area contributed by atoms with Crippen molar-refractivity contribution in [2.24, 2.45) is 11.7 Å². The van der Waals surface area contributed by atoms with Crippen LogP contribution in [0.5, 0.6) is 17.2 Å². The maximum atomic E-state index is 9.87.